The third-order valence-electron chi connectivity index (χ3n) is 5.72. The number of carbonyl (C=O) groups is 3. The molecule has 2 aromatic rings. The number of amides is 2. The standard InChI is InChI=1S/C24H24ClFN2O5/c25-18-13-17(6-7-19(18)26)32-14-21(29)16-5-8-22-20(12-16)28(24(31)15-33-22)11-3-4-23(30)27-9-1-2-10-27/h5-8,12-13H,1-4,9-11,14-15H2. The number of halogens is 2. The molecular formula is C24H24ClFN2O5. The van der Waals surface area contributed by atoms with Gasteiger partial charge in [0.05, 0.1) is 10.7 Å². The van der Waals surface area contributed by atoms with Crippen LogP contribution in [0.2, 0.25) is 5.02 Å². The fourth-order valence-electron chi connectivity index (χ4n) is 3.93. The van der Waals surface area contributed by atoms with Gasteiger partial charge in [-0.25, -0.2) is 4.39 Å². The number of hydrogen-bond acceptors (Lipinski definition) is 5. The van der Waals surface area contributed by atoms with Gasteiger partial charge in [-0.15, -0.1) is 0 Å². The SMILES string of the molecule is O=C(COc1ccc(F)c(Cl)c1)c1ccc2c(c1)N(CCCC(=O)N1CCCC1)C(=O)CO2. The first-order valence-corrected chi connectivity index (χ1v) is 11.3. The molecule has 9 heteroatoms. The molecule has 0 bridgehead atoms. The van der Waals surface area contributed by atoms with Gasteiger partial charge in [-0.3, -0.25) is 14.4 Å². The molecule has 0 atom stereocenters. The van der Waals surface area contributed by atoms with Crippen molar-refractivity contribution in [1.29, 1.82) is 0 Å². The van der Waals surface area contributed by atoms with Gasteiger partial charge < -0.3 is 19.3 Å². The maximum Gasteiger partial charge on any atom is 0.265 e. The van der Waals surface area contributed by atoms with Crippen LogP contribution in [-0.4, -0.2) is 55.3 Å². The average molecular weight is 475 g/mol. The minimum atomic E-state index is -0.572. The van der Waals surface area contributed by atoms with Crippen LogP contribution >= 0.6 is 11.6 Å². The molecule has 0 aliphatic carbocycles. The first-order chi connectivity index (χ1) is 15.9. The molecule has 0 aromatic heterocycles. The van der Waals surface area contributed by atoms with Gasteiger partial charge >= 0.3 is 0 Å². The van der Waals surface area contributed by atoms with E-state index in [0.29, 0.717) is 36.4 Å². The normalized spacial score (nSPS) is 15.3. The molecule has 7 nitrogen and oxygen atoms in total. The molecule has 1 fully saturated rings. The van der Waals surface area contributed by atoms with E-state index in [0.717, 1.165) is 32.0 Å². The number of Topliss-reactive ketones (excluding diaryl/α,β-unsaturated/α-hetero) is 1. The summed E-state index contributed by atoms with van der Waals surface area (Å²) >= 11 is 5.74. The van der Waals surface area contributed by atoms with Gasteiger partial charge in [0.2, 0.25) is 5.91 Å². The highest BCUT2D eigenvalue weighted by atomic mass is 35.5. The number of ether oxygens (including phenoxy) is 2. The number of anilines is 1. The van der Waals surface area contributed by atoms with Gasteiger partial charge in [0.25, 0.3) is 5.91 Å². The summed E-state index contributed by atoms with van der Waals surface area (Å²) < 4.78 is 24.2. The molecule has 0 N–H and O–H groups in total. The van der Waals surface area contributed by atoms with E-state index in [-0.39, 0.29) is 41.6 Å². The smallest absolute Gasteiger partial charge is 0.265 e. The van der Waals surface area contributed by atoms with Crippen LogP contribution in [0.1, 0.15) is 36.0 Å². The van der Waals surface area contributed by atoms with E-state index >= 15 is 0 Å². The van der Waals surface area contributed by atoms with Gasteiger partial charge in [0, 0.05) is 37.7 Å². The number of benzene rings is 2. The summed E-state index contributed by atoms with van der Waals surface area (Å²) in [7, 11) is 0. The van der Waals surface area contributed by atoms with E-state index in [4.69, 9.17) is 21.1 Å². The predicted octanol–water partition coefficient (Wildman–Crippen LogP) is 3.87. The van der Waals surface area contributed by atoms with Gasteiger partial charge in [-0.1, -0.05) is 11.6 Å². The first-order valence-electron chi connectivity index (χ1n) is 10.9. The lowest BCUT2D eigenvalue weighted by Gasteiger charge is -2.30. The highest BCUT2D eigenvalue weighted by Gasteiger charge is 2.27. The first kappa shape index (κ1) is 23.0. The maximum absolute atomic E-state index is 13.3. The Labute approximate surface area is 196 Å². The van der Waals surface area contributed by atoms with Crippen molar-refractivity contribution < 1.29 is 28.2 Å². The maximum atomic E-state index is 13.3. The van der Waals surface area contributed by atoms with Crippen molar-refractivity contribution in [2.24, 2.45) is 0 Å². The van der Waals surface area contributed by atoms with Gasteiger partial charge in [0.1, 0.15) is 17.3 Å². The molecule has 4 rings (SSSR count). The lowest BCUT2D eigenvalue weighted by Crippen LogP contribution is -2.40. The van der Waals surface area contributed by atoms with Gasteiger partial charge in [-0.2, -0.15) is 0 Å². The van der Waals surface area contributed by atoms with Gasteiger partial charge in [0.15, 0.2) is 19.0 Å². The summed E-state index contributed by atoms with van der Waals surface area (Å²) in [6, 6.07) is 8.70. The lowest BCUT2D eigenvalue weighted by atomic mass is 10.1. The lowest BCUT2D eigenvalue weighted by molar-refractivity contribution is -0.130. The van der Waals surface area contributed by atoms with Crippen molar-refractivity contribution in [1.82, 2.24) is 4.90 Å². The molecule has 2 aliphatic rings. The van der Waals surface area contributed by atoms with Crippen molar-refractivity contribution in [3.05, 3.63) is 52.8 Å². The second-order valence-corrected chi connectivity index (χ2v) is 8.40. The Hall–Kier alpha value is -3.13. The second-order valence-electron chi connectivity index (χ2n) is 8.00. The minimum absolute atomic E-state index is 0.0885. The highest BCUT2D eigenvalue weighted by Crippen LogP contribution is 2.33. The Morgan fingerprint density at radius 2 is 1.91 bits per heavy atom. The molecule has 174 valence electrons. The highest BCUT2D eigenvalue weighted by molar-refractivity contribution is 6.30. The second kappa shape index (κ2) is 10.2. The summed E-state index contributed by atoms with van der Waals surface area (Å²) in [4.78, 5) is 40.9. The molecular weight excluding hydrogens is 451 g/mol. The fraction of sp³-hybridized carbons (Fsp3) is 0.375. The molecule has 0 unspecified atom stereocenters. The van der Waals surface area contributed by atoms with E-state index in [1.54, 1.807) is 23.1 Å². The minimum Gasteiger partial charge on any atom is -0.485 e. The number of ketones is 1. The zero-order chi connectivity index (χ0) is 23.4. The summed E-state index contributed by atoms with van der Waals surface area (Å²) in [5, 5.41) is -0.0942. The van der Waals surface area contributed by atoms with Crippen LogP contribution in [0.5, 0.6) is 11.5 Å². The van der Waals surface area contributed by atoms with E-state index in [2.05, 4.69) is 0 Å². The molecule has 2 heterocycles. The molecule has 0 radical (unpaired) electrons. The van der Waals surface area contributed by atoms with Gasteiger partial charge in [-0.05, 0) is 49.6 Å². The zero-order valence-electron chi connectivity index (χ0n) is 18.0. The number of nitrogens with zero attached hydrogens (tertiary/aromatic N) is 2. The third kappa shape index (κ3) is 5.45. The van der Waals surface area contributed by atoms with Crippen molar-refractivity contribution in [3.63, 3.8) is 0 Å². The predicted molar refractivity (Wildman–Crippen MR) is 121 cm³/mol. The Bertz CT molecular complexity index is 1070. The molecule has 2 amide bonds. The van der Waals surface area contributed by atoms with Crippen LogP contribution in [0.4, 0.5) is 10.1 Å². The van der Waals surface area contributed by atoms with Crippen molar-refractivity contribution in [2.45, 2.75) is 25.7 Å². The monoisotopic (exact) mass is 474 g/mol. The van der Waals surface area contributed by atoms with Crippen molar-refractivity contribution in [2.75, 3.05) is 37.7 Å². The Balaban J connectivity index is 1.40. The molecule has 33 heavy (non-hydrogen) atoms. The third-order valence-corrected chi connectivity index (χ3v) is 6.01. The van der Waals surface area contributed by atoms with Crippen LogP contribution in [0.3, 0.4) is 0 Å². The average Bonchev–Trinajstić information content (AvgIpc) is 3.36. The summed E-state index contributed by atoms with van der Waals surface area (Å²) in [5.74, 6) is -0.232. The van der Waals surface area contributed by atoms with E-state index in [1.165, 1.54) is 12.1 Å². The van der Waals surface area contributed by atoms with Crippen molar-refractivity contribution in [3.8, 4) is 11.5 Å². The number of fused-ring (bicyclic) bond motifs is 1. The number of hydrogen-bond donors (Lipinski definition) is 0. The number of likely N-dealkylation sites (tertiary alicyclic amines) is 1. The van der Waals surface area contributed by atoms with Crippen LogP contribution < -0.4 is 14.4 Å². The topological polar surface area (TPSA) is 76.2 Å². The Morgan fingerprint density at radius 3 is 2.67 bits per heavy atom. The van der Waals surface area contributed by atoms with Crippen LogP contribution in [0.15, 0.2) is 36.4 Å². The van der Waals surface area contributed by atoms with E-state index in [9.17, 15) is 18.8 Å². The van der Waals surface area contributed by atoms with Crippen LogP contribution in [0.25, 0.3) is 0 Å². The quantitative estimate of drug-likeness (QED) is 0.543. The molecule has 0 spiro atoms. The van der Waals surface area contributed by atoms with E-state index < -0.39 is 5.82 Å². The summed E-state index contributed by atoms with van der Waals surface area (Å²) in [5.41, 5.74) is 0.842. The molecule has 0 saturated carbocycles. The fourth-order valence-corrected chi connectivity index (χ4v) is 4.10. The molecule has 2 aliphatic heterocycles. The molecule has 2 aromatic carbocycles. The summed E-state index contributed by atoms with van der Waals surface area (Å²) in [6.45, 7) is 1.59. The number of carbonyl (C=O) groups excluding carboxylic acids is 3. The largest absolute Gasteiger partial charge is 0.485 e. The van der Waals surface area contributed by atoms with Crippen molar-refractivity contribution >= 4 is 34.9 Å². The Kier molecular flexibility index (Phi) is 7.13. The Morgan fingerprint density at radius 1 is 1.12 bits per heavy atom. The summed E-state index contributed by atoms with van der Waals surface area (Å²) in [6.07, 6.45) is 2.96. The zero-order valence-corrected chi connectivity index (χ0v) is 18.8. The number of rotatable bonds is 8. The van der Waals surface area contributed by atoms with Crippen LogP contribution in [-0.2, 0) is 9.59 Å². The molecule has 1 saturated heterocycles. The van der Waals surface area contributed by atoms with Crippen LogP contribution in [0, 0.1) is 5.82 Å². The van der Waals surface area contributed by atoms with E-state index in [1.807, 2.05) is 4.90 Å².